The molecule has 0 atom stereocenters. The van der Waals surface area contributed by atoms with E-state index >= 15 is 0 Å². The zero-order chi connectivity index (χ0) is 14.3. The zero-order valence-electron chi connectivity index (χ0n) is 10.9. The predicted molar refractivity (Wildman–Crippen MR) is 83.4 cm³/mol. The van der Waals surface area contributed by atoms with Crippen molar-refractivity contribution >= 4 is 33.5 Å². The lowest BCUT2D eigenvalue weighted by Crippen LogP contribution is -2.08. The van der Waals surface area contributed by atoms with Gasteiger partial charge >= 0.3 is 5.97 Å². The number of benzene rings is 2. The van der Waals surface area contributed by atoms with Gasteiger partial charge in [-0.05, 0) is 52.0 Å². The molecule has 0 saturated carbocycles. The SMILES string of the molecule is CCOC(=O)c1cc(Cl)c(Br)c2c1Cc1ccccc1-2. The van der Waals surface area contributed by atoms with Gasteiger partial charge in [-0.3, -0.25) is 0 Å². The molecule has 2 aromatic carbocycles. The summed E-state index contributed by atoms with van der Waals surface area (Å²) in [5.74, 6) is -0.314. The minimum Gasteiger partial charge on any atom is -0.462 e. The van der Waals surface area contributed by atoms with Crippen LogP contribution in [0.5, 0.6) is 0 Å². The van der Waals surface area contributed by atoms with Crippen LogP contribution in [-0.4, -0.2) is 12.6 Å². The highest BCUT2D eigenvalue weighted by molar-refractivity contribution is 9.10. The molecule has 1 aliphatic rings. The molecular weight excluding hydrogens is 340 g/mol. The van der Waals surface area contributed by atoms with Crippen LogP contribution in [0.3, 0.4) is 0 Å². The van der Waals surface area contributed by atoms with E-state index in [1.165, 1.54) is 5.56 Å². The second-order valence-electron chi connectivity index (χ2n) is 4.63. The lowest BCUT2D eigenvalue weighted by molar-refractivity contribution is 0.0525. The third-order valence-electron chi connectivity index (χ3n) is 3.48. The topological polar surface area (TPSA) is 26.3 Å². The molecule has 0 heterocycles. The van der Waals surface area contributed by atoms with Crippen molar-refractivity contribution < 1.29 is 9.53 Å². The van der Waals surface area contributed by atoms with Crippen LogP contribution in [0, 0.1) is 0 Å². The van der Waals surface area contributed by atoms with E-state index in [9.17, 15) is 4.79 Å². The van der Waals surface area contributed by atoms with Crippen LogP contribution >= 0.6 is 27.5 Å². The zero-order valence-corrected chi connectivity index (χ0v) is 13.2. The molecule has 0 spiro atoms. The lowest BCUT2D eigenvalue weighted by Gasteiger charge is -2.11. The summed E-state index contributed by atoms with van der Waals surface area (Å²) in [4.78, 5) is 12.1. The summed E-state index contributed by atoms with van der Waals surface area (Å²) in [6.07, 6.45) is 0.732. The van der Waals surface area contributed by atoms with Crippen LogP contribution in [0.25, 0.3) is 11.1 Å². The maximum atomic E-state index is 12.1. The van der Waals surface area contributed by atoms with E-state index in [1.807, 2.05) is 12.1 Å². The smallest absolute Gasteiger partial charge is 0.338 e. The minimum atomic E-state index is -0.314. The summed E-state index contributed by atoms with van der Waals surface area (Å²) >= 11 is 9.79. The van der Waals surface area contributed by atoms with Crippen molar-refractivity contribution in [3.05, 3.63) is 56.5 Å². The van der Waals surface area contributed by atoms with E-state index in [4.69, 9.17) is 16.3 Å². The summed E-state index contributed by atoms with van der Waals surface area (Å²) in [6.45, 7) is 2.15. The molecule has 0 aliphatic heterocycles. The molecule has 1 aliphatic carbocycles. The molecule has 0 bridgehead atoms. The van der Waals surface area contributed by atoms with Gasteiger partial charge in [0.05, 0.1) is 17.2 Å². The Labute approximate surface area is 130 Å². The van der Waals surface area contributed by atoms with E-state index in [-0.39, 0.29) is 5.97 Å². The molecule has 0 saturated heterocycles. The molecule has 0 N–H and O–H groups in total. The van der Waals surface area contributed by atoms with Gasteiger partial charge < -0.3 is 4.74 Å². The Hall–Kier alpha value is -1.32. The molecular formula is C16H12BrClO2. The maximum absolute atomic E-state index is 12.1. The first kappa shape index (κ1) is 13.7. The van der Waals surface area contributed by atoms with Gasteiger partial charge in [-0.2, -0.15) is 0 Å². The van der Waals surface area contributed by atoms with Gasteiger partial charge in [-0.1, -0.05) is 35.9 Å². The first-order valence-electron chi connectivity index (χ1n) is 6.39. The van der Waals surface area contributed by atoms with Crippen LogP contribution in [0.4, 0.5) is 0 Å². The number of carbonyl (C=O) groups excluding carboxylic acids is 1. The van der Waals surface area contributed by atoms with E-state index in [0.29, 0.717) is 17.2 Å². The van der Waals surface area contributed by atoms with Crippen molar-refractivity contribution in [2.45, 2.75) is 13.3 Å². The second kappa shape index (κ2) is 5.23. The number of ether oxygens (including phenoxy) is 1. The Morgan fingerprint density at radius 3 is 2.90 bits per heavy atom. The largest absolute Gasteiger partial charge is 0.462 e. The highest BCUT2D eigenvalue weighted by Gasteiger charge is 2.28. The van der Waals surface area contributed by atoms with Gasteiger partial charge in [-0.25, -0.2) is 4.79 Å². The third-order valence-corrected chi connectivity index (χ3v) is 4.83. The molecule has 4 heteroatoms. The first-order valence-corrected chi connectivity index (χ1v) is 7.56. The highest BCUT2D eigenvalue weighted by atomic mass is 79.9. The molecule has 0 fully saturated rings. The van der Waals surface area contributed by atoms with Gasteiger partial charge in [0.15, 0.2) is 0 Å². The van der Waals surface area contributed by atoms with Gasteiger partial charge in [-0.15, -0.1) is 0 Å². The van der Waals surface area contributed by atoms with Crippen molar-refractivity contribution in [3.8, 4) is 11.1 Å². The van der Waals surface area contributed by atoms with Crippen molar-refractivity contribution in [2.75, 3.05) is 6.61 Å². The average Bonchev–Trinajstić information content (AvgIpc) is 2.82. The van der Waals surface area contributed by atoms with Crippen molar-refractivity contribution in [3.63, 3.8) is 0 Å². The number of rotatable bonds is 2. The monoisotopic (exact) mass is 350 g/mol. The number of esters is 1. The summed E-state index contributed by atoms with van der Waals surface area (Å²) in [5.41, 5.74) is 4.89. The number of fused-ring (bicyclic) bond motifs is 3. The number of carbonyl (C=O) groups is 1. The van der Waals surface area contributed by atoms with Crippen molar-refractivity contribution in [1.29, 1.82) is 0 Å². The Morgan fingerprint density at radius 2 is 2.15 bits per heavy atom. The van der Waals surface area contributed by atoms with Crippen molar-refractivity contribution in [1.82, 2.24) is 0 Å². The van der Waals surface area contributed by atoms with Gasteiger partial charge in [0.2, 0.25) is 0 Å². The summed E-state index contributed by atoms with van der Waals surface area (Å²) < 4.78 is 5.97. The molecule has 0 amide bonds. The summed E-state index contributed by atoms with van der Waals surface area (Å²) in [5, 5.41) is 0.531. The molecule has 2 nitrogen and oxygen atoms in total. The molecule has 0 aromatic heterocycles. The number of halogens is 2. The first-order chi connectivity index (χ1) is 9.63. The van der Waals surface area contributed by atoms with Gasteiger partial charge in [0.25, 0.3) is 0 Å². The van der Waals surface area contributed by atoms with E-state index < -0.39 is 0 Å². The lowest BCUT2D eigenvalue weighted by atomic mass is 10.0. The second-order valence-corrected chi connectivity index (χ2v) is 5.83. The number of hydrogen-bond donors (Lipinski definition) is 0. The van der Waals surface area contributed by atoms with Gasteiger partial charge in [0.1, 0.15) is 0 Å². The quantitative estimate of drug-likeness (QED) is 0.617. The van der Waals surface area contributed by atoms with Crippen LogP contribution in [-0.2, 0) is 11.2 Å². The van der Waals surface area contributed by atoms with E-state index in [0.717, 1.165) is 27.6 Å². The Morgan fingerprint density at radius 1 is 1.40 bits per heavy atom. The molecule has 20 heavy (non-hydrogen) atoms. The van der Waals surface area contributed by atoms with E-state index in [1.54, 1.807) is 13.0 Å². The molecule has 102 valence electrons. The fourth-order valence-electron chi connectivity index (χ4n) is 2.63. The molecule has 3 rings (SSSR count). The molecule has 2 aromatic rings. The van der Waals surface area contributed by atoms with Crippen LogP contribution in [0.2, 0.25) is 5.02 Å². The van der Waals surface area contributed by atoms with Crippen LogP contribution in [0.1, 0.15) is 28.4 Å². The molecule has 0 radical (unpaired) electrons. The minimum absolute atomic E-state index is 0.314. The summed E-state index contributed by atoms with van der Waals surface area (Å²) in [6, 6.07) is 9.81. The van der Waals surface area contributed by atoms with Gasteiger partial charge in [0, 0.05) is 10.0 Å². The van der Waals surface area contributed by atoms with Crippen LogP contribution < -0.4 is 0 Å². The fourth-order valence-corrected chi connectivity index (χ4v) is 3.40. The van der Waals surface area contributed by atoms with E-state index in [2.05, 4.69) is 28.1 Å². The third kappa shape index (κ3) is 2.05. The predicted octanol–water partition coefficient (Wildman–Crippen LogP) is 4.85. The Kier molecular flexibility index (Phi) is 3.57. The standard InChI is InChI=1S/C16H12BrClO2/c1-2-20-16(19)12-8-13(18)15(17)14-10-6-4-3-5-9(10)7-11(12)14/h3-6,8H,2,7H2,1H3. The van der Waals surface area contributed by atoms with Crippen LogP contribution in [0.15, 0.2) is 34.8 Å². The molecule has 0 unspecified atom stereocenters. The summed E-state index contributed by atoms with van der Waals surface area (Å²) in [7, 11) is 0. The highest BCUT2D eigenvalue weighted by Crippen LogP contribution is 2.45. The fraction of sp³-hybridized carbons (Fsp3) is 0.188. The maximum Gasteiger partial charge on any atom is 0.338 e. The Balaban J connectivity index is 2.24. The number of hydrogen-bond acceptors (Lipinski definition) is 2. The van der Waals surface area contributed by atoms with Crippen molar-refractivity contribution in [2.24, 2.45) is 0 Å². The normalized spacial score (nSPS) is 11.9. The Bertz CT molecular complexity index is 710. The average molecular weight is 352 g/mol.